The fourth-order valence-corrected chi connectivity index (χ4v) is 8.18. The van der Waals surface area contributed by atoms with Crippen molar-refractivity contribution in [3.05, 3.63) is 66.3 Å². The largest absolute Gasteiger partial charge is 0.453 e. The van der Waals surface area contributed by atoms with Crippen LogP contribution in [0.25, 0.3) is 44.7 Å². The fraction of sp³-hybridized carbons (Fsp3) is 0.452. The van der Waals surface area contributed by atoms with Crippen molar-refractivity contribution in [2.45, 2.75) is 84.5 Å². The molecule has 2 saturated heterocycles. The zero-order valence-electron chi connectivity index (χ0n) is 34.0. The van der Waals surface area contributed by atoms with Crippen LogP contribution >= 0.6 is 0 Å². The third-order valence-electron chi connectivity index (χ3n) is 11.2. The van der Waals surface area contributed by atoms with Gasteiger partial charge in [-0.1, -0.05) is 58.0 Å². The first kappa shape index (κ1) is 40.0. The lowest BCUT2D eigenvalue weighted by atomic mass is 9.99. The van der Waals surface area contributed by atoms with Crippen LogP contribution in [0.2, 0.25) is 0 Å². The minimum absolute atomic E-state index is 0.116. The van der Waals surface area contributed by atoms with Crippen LogP contribution < -0.4 is 10.6 Å². The Balaban J connectivity index is 1.09. The zero-order chi connectivity index (χ0) is 41.2. The monoisotopic (exact) mass is 792 g/mol. The molecule has 0 radical (unpaired) electrons. The number of carbonyl (C=O) groups is 4. The summed E-state index contributed by atoms with van der Waals surface area (Å²) in [6.07, 6.45) is 5.50. The standard InChI is InChI=1S/C42H52N10O6/c1-22(2)33(49-41(55)57-6)39(53)51-18-8-10-31(51)37-43-20-29(47-37)26-14-12-25(13-15-26)27-16-17-28(36-35(27)45-24(5)46-36)30-21-44-38(48-30)32-11-9-19-52(32)40(54)34(23(3)4)50-42(56)58-7/h12-17,20-23,31-34H,8-11,18-19H2,1-7H3,(H,43,47)(H,44,48)(H,45,46)(H,49,55)(H,50,56)/t31-,32-,33?,34-/m0/s1. The normalized spacial score (nSPS) is 17.9. The quantitative estimate of drug-likeness (QED) is 0.100. The number of benzene rings is 2. The lowest BCUT2D eigenvalue weighted by Gasteiger charge is -2.30. The third-order valence-corrected chi connectivity index (χ3v) is 11.2. The second-order valence-electron chi connectivity index (χ2n) is 15.7. The van der Waals surface area contributed by atoms with E-state index >= 15 is 0 Å². The molecule has 2 aliphatic heterocycles. The summed E-state index contributed by atoms with van der Waals surface area (Å²) in [5.74, 6) is 1.62. The number of carbonyl (C=O) groups excluding carboxylic acids is 4. The second kappa shape index (κ2) is 16.7. The summed E-state index contributed by atoms with van der Waals surface area (Å²) in [6, 6.07) is 10.4. The molecule has 2 aromatic carbocycles. The third kappa shape index (κ3) is 7.87. The summed E-state index contributed by atoms with van der Waals surface area (Å²) in [5.41, 5.74) is 7.13. The van der Waals surface area contributed by atoms with Crippen LogP contribution in [0.5, 0.6) is 0 Å². The minimum atomic E-state index is -0.713. The smallest absolute Gasteiger partial charge is 0.407 e. The van der Waals surface area contributed by atoms with Gasteiger partial charge in [0.05, 0.1) is 61.1 Å². The van der Waals surface area contributed by atoms with Crippen molar-refractivity contribution in [1.29, 1.82) is 0 Å². The van der Waals surface area contributed by atoms with Gasteiger partial charge >= 0.3 is 12.2 Å². The number of methoxy groups -OCH3 is 2. The SMILES string of the molecule is COC(=O)NC(C(=O)N1CCC[C@H]1c1ncc(-c2ccc(-c3ccc(-c4cnc([C@@H]5CCCN5C(=O)[C@@H](NC(=O)OC)C(C)C)[nH]4)c4nc(C)[nH]c34)cc2)[nH]1)C(C)C. The maximum atomic E-state index is 13.7. The molecule has 0 spiro atoms. The molecule has 2 aliphatic rings. The molecule has 0 saturated carbocycles. The highest BCUT2D eigenvalue weighted by molar-refractivity contribution is 6.00. The van der Waals surface area contributed by atoms with E-state index in [0.29, 0.717) is 24.7 Å². The number of rotatable bonds is 11. The summed E-state index contributed by atoms with van der Waals surface area (Å²) in [5, 5.41) is 5.40. The molecule has 5 N–H and O–H groups in total. The van der Waals surface area contributed by atoms with Gasteiger partial charge in [-0.2, -0.15) is 0 Å². The Hall–Kier alpha value is -6.19. The number of aryl methyl sites for hydroxylation is 1. The highest BCUT2D eigenvalue weighted by atomic mass is 16.5. The van der Waals surface area contributed by atoms with Crippen molar-refractivity contribution < 1.29 is 28.7 Å². The number of amides is 4. The highest BCUT2D eigenvalue weighted by Crippen LogP contribution is 2.38. The molecule has 0 aliphatic carbocycles. The van der Waals surface area contributed by atoms with Gasteiger partial charge in [0.2, 0.25) is 11.8 Å². The second-order valence-corrected chi connectivity index (χ2v) is 15.7. The molecule has 3 aromatic heterocycles. The van der Waals surface area contributed by atoms with Gasteiger partial charge < -0.3 is 44.9 Å². The first-order valence-corrected chi connectivity index (χ1v) is 19.9. The molecule has 2 fully saturated rings. The average molecular weight is 793 g/mol. The van der Waals surface area contributed by atoms with E-state index in [1.54, 1.807) is 22.2 Å². The van der Waals surface area contributed by atoms with E-state index in [0.717, 1.165) is 76.2 Å². The Morgan fingerprint density at radius 2 is 1.17 bits per heavy atom. The Bertz CT molecular complexity index is 2290. The van der Waals surface area contributed by atoms with Crippen LogP contribution in [-0.4, -0.2) is 103 Å². The van der Waals surface area contributed by atoms with Gasteiger partial charge in [-0.3, -0.25) is 9.59 Å². The van der Waals surface area contributed by atoms with Gasteiger partial charge in [0.15, 0.2) is 0 Å². The topological polar surface area (TPSA) is 203 Å². The van der Waals surface area contributed by atoms with Crippen molar-refractivity contribution in [1.82, 2.24) is 50.3 Å². The lowest BCUT2D eigenvalue weighted by Crippen LogP contribution is -2.51. The number of imidazole rings is 3. The molecule has 5 heterocycles. The van der Waals surface area contributed by atoms with Gasteiger partial charge in [0.1, 0.15) is 29.6 Å². The van der Waals surface area contributed by atoms with Crippen molar-refractivity contribution in [2.75, 3.05) is 27.3 Å². The predicted octanol–water partition coefficient (Wildman–Crippen LogP) is 6.41. The van der Waals surface area contributed by atoms with Crippen LogP contribution in [0.15, 0.2) is 48.8 Å². The molecular weight excluding hydrogens is 741 g/mol. The van der Waals surface area contributed by atoms with Crippen LogP contribution in [0.4, 0.5) is 9.59 Å². The van der Waals surface area contributed by atoms with Gasteiger partial charge in [-0.05, 0) is 61.6 Å². The number of alkyl carbamates (subject to hydrolysis) is 2. The Kier molecular flexibility index (Phi) is 11.5. The van der Waals surface area contributed by atoms with Gasteiger partial charge in [-0.15, -0.1) is 0 Å². The zero-order valence-corrected chi connectivity index (χ0v) is 34.0. The summed E-state index contributed by atoms with van der Waals surface area (Å²) in [4.78, 5) is 79.6. The summed E-state index contributed by atoms with van der Waals surface area (Å²) in [6.45, 7) is 10.7. The molecule has 16 heteroatoms. The van der Waals surface area contributed by atoms with E-state index < -0.39 is 24.3 Å². The number of ether oxygens (including phenoxy) is 2. The number of fused-ring (bicyclic) bond motifs is 1. The number of hydrogen-bond acceptors (Lipinski definition) is 9. The van der Waals surface area contributed by atoms with E-state index in [9.17, 15) is 19.2 Å². The van der Waals surface area contributed by atoms with E-state index in [2.05, 4.69) is 43.8 Å². The van der Waals surface area contributed by atoms with Crippen LogP contribution in [0, 0.1) is 18.8 Å². The van der Waals surface area contributed by atoms with E-state index in [1.807, 2.05) is 52.8 Å². The number of nitrogens with one attached hydrogen (secondary N) is 5. The van der Waals surface area contributed by atoms with Gasteiger partial charge in [0.25, 0.3) is 0 Å². The van der Waals surface area contributed by atoms with Crippen LogP contribution in [0.1, 0.15) is 82.9 Å². The molecule has 1 unspecified atom stereocenters. The molecule has 0 bridgehead atoms. The van der Waals surface area contributed by atoms with E-state index in [-0.39, 0.29) is 35.7 Å². The molecule has 4 amide bonds. The first-order valence-electron chi connectivity index (χ1n) is 19.9. The van der Waals surface area contributed by atoms with Crippen molar-refractivity contribution >= 4 is 35.0 Å². The molecule has 7 rings (SSSR count). The van der Waals surface area contributed by atoms with Gasteiger partial charge in [-0.25, -0.2) is 24.5 Å². The Morgan fingerprint density at radius 3 is 1.69 bits per heavy atom. The predicted molar refractivity (Wildman–Crippen MR) is 217 cm³/mol. The number of H-pyrrole nitrogens is 3. The number of likely N-dealkylation sites (tertiary alicyclic amines) is 2. The Labute approximate surface area is 336 Å². The maximum absolute atomic E-state index is 13.7. The molecular formula is C42H52N10O6. The molecule has 16 nitrogen and oxygen atoms in total. The lowest BCUT2D eigenvalue weighted by molar-refractivity contribution is -0.136. The number of hydrogen-bond donors (Lipinski definition) is 5. The summed E-state index contributed by atoms with van der Waals surface area (Å²) < 4.78 is 9.55. The maximum Gasteiger partial charge on any atom is 0.407 e. The van der Waals surface area contributed by atoms with Crippen molar-refractivity contribution in [3.8, 4) is 33.6 Å². The number of aromatic amines is 3. The van der Waals surface area contributed by atoms with Crippen molar-refractivity contribution in [2.24, 2.45) is 11.8 Å². The van der Waals surface area contributed by atoms with Crippen LogP contribution in [0.3, 0.4) is 0 Å². The Morgan fingerprint density at radius 1 is 0.690 bits per heavy atom. The highest BCUT2D eigenvalue weighted by Gasteiger charge is 2.39. The molecule has 58 heavy (non-hydrogen) atoms. The fourth-order valence-electron chi connectivity index (χ4n) is 8.18. The minimum Gasteiger partial charge on any atom is -0.453 e. The van der Waals surface area contributed by atoms with Crippen LogP contribution in [-0.2, 0) is 19.1 Å². The summed E-state index contributed by atoms with van der Waals surface area (Å²) >= 11 is 0. The first-order chi connectivity index (χ1) is 27.9. The van der Waals surface area contributed by atoms with E-state index in [4.69, 9.17) is 24.4 Å². The summed E-state index contributed by atoms with van der Waals surface area (Å²) in [7, 11) is 2.57. The molecule has 5 aromatic rings. The average Bonchev–Trinajstić information content (AvgIpc) is 4.06. The van der Waals surface area contributed by atoms with E-state index in [1.165, 1.54) is 14.2 Å². The van der Waals surface area contributed by atoms with Crippen molar-refractivity contribution in [3.63, 3.8) is 0 Å². The number of aromatic nitrogens is 6. The number of nitrogens with zero attached hydrogens (tertiary/aromatic N) is 5. The molecule has 4 atom stereocenters. The molecule has 306 valence electrons. The van der Waals surface area contributed by atoms with Gasteiger partial charge in [0, 0.05) is 24.2 Å².